The molecule has 5 rings (SSSR count). The summed E-state index contributed by atoms with van der Waals surface area (Å²) in [5.74, 6) is -0.690. The molecule has 1 aliphatic carbocycles. The maximum atomic E-state index is 13.7. The first kappa shape index (κ1) is 21.6. The fourth-order valence-electron chi connectivity index (χ4n) is 4.29. The first-order valence-corrected chi connectivity index (χ1v) is 11.1. The number of rotatable bonds is 7. The van der Waals surface area contributed by atoms with Crippen molar-refractivity contribution in [3.05, 3.63) is 106 Å². The van der Waals surface area contributed by atoms with Gasteiger partial charge in [-0.1, -0.05) is 54.1 Å². The number of carbonyl (C=O) groups excluding carboxylic acids is 2. The minimum Gasteiger partial charge on any atom is -0.387 e. The molecule has 0 bridgehead atoms. The summed E-state index contributed by atoms with van der Waals surface area (Å²) in [4.78, 5) is 26.8. The van der Waals surface area contributed by atoms with Crippen LogP contribution in [-0.2, 0) is 17.0 Å². The van der Waals surface area contributed by atoms with E-state index in [2.05, 4.69) is 0 Å². The summed E-state index contributed by atoms with van der Waals surface area (Å²) in [5.41, 5.74) is 6.46. The number of halogens is 1. The molecule has 0 aromatic heterocycles. The smallest absolute Gasteiger partial charge is 0.257 e. The predicted molar refractivity (Wildman–Crippen MR) is 124 cm³/mol. The normalized spacial score (nSPS) is 20.5. The summed E-state index contributed by atoms with van der Waals surface area (Å²) < 4.78 is 6.53. The Morgan fingerprint density at radius 2 is 1.70 bits per heavy atom. The van der Waals surface area contributed by atoms with Crippen LogP contribution in [0.4, 0.5) is 0 Å². The monoisotopic (exact) mass is 462 g/mol. The van der Waals surface area contributed by atoms with E-state index in [1.165, 1.54) is 0 Å². The molecule has 1 unspecified atom stereocenters. The molecule has 1 heterocycles. The number of primary amides is 1. The fraction of sp³-hybridized carbons (Fsp3) is 0.231. The number of nitrogens with zero attached hydrogens (tertiary/aromatic N) is 1. The van der Waals surface area contributed by atoms with Crippen LogP contribution >= 0.6 is 11.6 Å². The molecule has 3 N–H and O–H groups in total. The van der Waals surface area contributed by atoms with Crippen molar-refractivity contribution in [2.24, 2.45) is 5.73 Å². The van der Waals surface area contributed by atoms with Gasteiger partial charge in [-0.15, -0.1) is 0 Å². The topological polar surface area (TPSA) is 92.9 Å². The van der Waals surface area contributed by atoms with Gasteiger partial charge in [0.25, 0.3) is 5.91 Å². The average Bonchev–Trinajstić information content (AvgIpc) is 3.51. The van der Waals surface area contributed by atoms with Crippen LogP contribution in [0.15, 0.2) is 72.8 Å². The molecule has 0 radical (unpaired) electrons. The zero-order valence-corrected chi connectivity index (χ0v) is 18.6. The third-order valence-electron chi connectivity index (χ3n) is 6.34. The van der Waals surface area contributed by atoms with Gasteiger partial charge in [-0.05, 0) is 48.7 Å². The Bertz CT molecular complexity index is 1220. The quantitative estimate of drug-likeness (QED) is 0.558. The summed E-state index contributed by atoms with van der Waals surface area (Å²) >= 11 is 6.16. The van der Waals surface area contributed by atoms with E-state index in [1.54, 1.807) is 47.4 Å². The Labute approximate surface area is 196 Å². The molecule has 1 atom stereocenters. The van der Waals surface area contributed by atoms with Crippen LogP contribution in [0.1, 0.15) is 50.2 Å². The molecular weight excluding hydrogens is 440 g/mol. The molecule has 1 saturated carbocycles. The highest BCUT2D eigenvalue weighted by molar-refractivity contribution is 6.30. The first-order chi connectivity index (χ1) is 15.8. The van der Waals surface area contributed by atoms with Gasteiger partial charge in [-0.25, -0.2) is 0 Å². The molecule has 0 saturated heterocycles. The standard InChI is InChI=1S/C26H23ClN2O4/c27-20-11-9-19(10-12-20)26(33-16-25(32)13-14-25)22-4-2-1-3-21(22)24(31)29(26)15-17-5-7-18(8-6-17)23(28)30/h1-12,32H,13-16H2,(H2,28,30). The van der Waals surface area contributed by atoms with Crippen LogP contribution in [0.25, 0.3) is 0 Å². The maximum absolute atomic E-state index is 13.7. The van der Waals surface area contributed by atoms with Crippen molar-refractivity contribution in [1.82, 2.24) is 4.90 Å². The third kappa shape index (κ3) is 3.80. The highest BCUT2D eigenvalue weighted by atomic mass is 35.5. The minimum absolute atomic E-state index is 0.0916. The second kappa shape index (κ2) is 7.99. The summed E-state index contributed by atoms with van der Waals surface area (Å²) in [7, 11) is 0. The molecule has 2 amide bonds. The van der Waals surface area contributed by atoms with Crippen molar-refractivity contribution in [2.45, 2.75) is 30.7 Å². The van der Waals surface area contributed by atoms with Crippen molar-refractivity contribution in [3.8, 4) is 0 Å². The van der Waals surface area contributed by atoms with Gasteiger partial charge in [0, 0.05) is 33.8 Å². The lowest BCUT2D eigenvalue weighted by Crippen LogP contribution is -2.47. The Kier molecular flexibility index (Phi) is 5.24. The van der Waals surface area contributed by atoms with Gasteiger partial charge in [-0.3, -0.25) is 14.5 Å². The van der Waals surface area contributed by atoms with Gasteiger partial charge in [0.05, 0.1) is 12.2 Å². The lowest BCUT2D eigenvalue weighted by atomic mass is 9.93. The number of amides is 2. The van der Waals surface area contributed by atoms with Crippen molar-refractivity contribution in [2.75, 3.05) is 6.61 Å². The van der Waals surface area contributed by atoms with Crippen LogP contribution < -0.4 is 5.73 Å². The van der Waals surface area contributed by atoms with E-state index in [-0.39, 0.29) is 19.1 Å². The van der Waals surface area contributed by atoms with E-state index < -0.39 is 17.2 Å². The number of nitrogens with two attached hydrogens (primary N) is 1. The van der Waals surface area contributed by atoms with E-state index in [0.717, 1.165) is 16.7 Å². The van der Waals surface area contributed by atoms with E-state index in [0.29, 0.717) is 29.0 Å². The van der Waals surface area contributed by atoms with Crippen molar-refractivity contribution in [1.29, 1.82) is 0 Å². The predicted octanol–water partition coefficient (Wildman–Crippen LogP) is 3.84. The lowest BCUT2D eigenvalue weighted by Gasteiger charge is -2.40. The number of fused-ring (bicyclic) bond motifs is 1. The molecular formula is C26H23ClN2O4. The van der Waals surface area contributed by atoms with Gasteiger partial charge >= 0.3 is 0 Å². The maximum Gasteiger partial charge on any atom is 0.257 e. The van der Waals surface area contributed by atoms with Crippen molar-refractivity contribution >= 4 is 23.4 Å². The summed E-state index contributed by atoms with van der Waals surface area (Å²) in [5, 5.41) is 11.1. The zero-order valence-electron chi connectivity index (χ0n) is 17.8. The number of ether oxygens (including phenoxy) is 1. The Hall–Kier alpha value is -3.19. The van der Waals surface area contributed by atoms with Crippen LogP contribution in [0.3, 0.4) is 0 Å². The number of aliphatic hydroxyl groups is 1. The van der Waals surface area contributed by atoms with Crippen molar-refractivity contribution in [3.63, 3.8) is 0 Å². The molecule has 2 aliphatic rings. The molecule has 1 fully saturated rings. The molecule has 3 aromatic carbocycles. The number of hydrogen-bond donors (Lipinski definition) is 2. The molecule has 3 aromatic rings. The summed E-state index contributed by atoms with van der Waals surface area (Å²) in [6, 6.07) is 21.4. The van der Waals surface area contributed by atoms with E-state index in [1.807, 2.05) is 30.3 Å². The second-order valence-electron chi connectivity index (χ2n) is 8.66. The van der Waals surface area contributed by atoms with Gasteiger partial charge < -0.3 is 15.6 Å². The third-order valence-corrected chi connectivity index (χ3v) is 6.59. The van der Waals surface area contributed by atoms with Gasteiger partial charge in [-0.2, -0.15) is 0 Å². The van der Waals surface area contributed by atoms with Gasteiger partial charge in [0.15, 0.2) is 5.72 Å². The zero-order chi connectivity index (χ0) is 23.2. The number of benzene rings is 3. The molecule has 1 aliphatic heterocycles. The largest absolute Gasteiger partial charge is 0.387 e. The van der Waals surface area contributed by atoms with Crippen molar-refractivity contribution < 1.29 is 19.4 Å². The highest BCUT2D eigenvalue weighted by Crippen LogP contribution is 2.48. The molecule has 7 heteroatoms. The van der Waals surface area contributed by atoms with E-state index in [9.17, 15) is 14.7 Å². The Morgan fingerprint density at radius 3 is 2.33 bits per heavy atom. The Balaban J connectivity index is 1.63. The SMILES string of the molecule is NC(=O)c1ccc(CN2C(=O)c3ccccc3C2(OCC2(O)CC2)c2ccc(Cl)cc2)cc1. The molecule has 168 valence electrons. The fourth-order valence-corrected chi connectivity index (χ4v) is 4.42. The van der Waals surface area contributed by atoms with Crippen LogP contribution in [0.2, 0.25) is 5.02 Å². The summed E-state index contributed by atoms with van der Waals surface area (Å²) in [6.07, 6.45) is 1.32. The molecule has 33 heavy (non-hydrogen) atoms. The number of carbonyl (C=O) groups is 2. The Morgan fingerprint density at radius 1 is 1.03 bits per heavy atom. The van der Waals surface area contributed by atoms with Gasteiger partial charge in [0.1, 0.15) is 0 Å². The van der Waals surface area contributed by atoms with E-state index >= 15 is 0 Å². The first-order valence-electron chi connectivity index (χ1n) is 10.8. The number of hydrogen-bond acceptors (Lipinski definition) is 4. The minimum atomic E-state index is -1.24. The lowest BCUT2D eigenvalue weighted by molar-refractivity contribution is -0.137. The van der Waals surface area contributed by atoms with Crippen LogP contribution in [0.5, 0.6) is 0 Å². The molecule has 6 nitrogen and oxygen atoms in total. The van der Waals surface area contributed by atoms with Crippen LogP contribution in [-0.4, -0.2) is 34.0 Å². The molecule has 0 spiro atoms. The van der Waals surface area contributed by atoms with E-state index in [4.69, 9.17) is 22.1 Å². The average molecular weight is 463 g/mol. The highest BCUT2D eigenvalue weighted by Gasteiger charge is 2.54. The summed E-state index contributed by atoms with van der Waals surface area (Å²) in [6.45, 7) is 0.321. The van der Waals surface area contributed by atoms with Crippen LogP contribution in [0, 0.1) is 0 Å². The second-order valence-corrected chi connectivity index (χ2v) is 9.10. The van der Waals surface area contributed by atoms with Gasteiger partial charge in [0.2, 0.25) is 5.91 Å².